The fourth-order valence-electron chi connectivity index (χ4n) is 1.04. The number of carbonyl (C=O) groups is 1. The number of hydrogen-bond acceptors (Lipinski definition) is 4. The third-order valence-electron chi connectivity index (χ3n) is 1.71. The van der Waals surface area contributed by atoms with E-state index in [0.29, 0.717) is 4.47 Å². The number of rotatable bonds is 5. The lowest BCUT2D eigenvalue weighted by Crippen LogP contribution is -1.99. The molecule has 0 unspecified atom stereocenters. The highest BCUT2D eigenvalue weighted by Crippen LogP contribution is 2.29. The summed E-state index contributed by atoms with van der Waals surface area (Å²) >= 11 is 3.11. The fourth-order valence-corrected chi connectivity index (χ4v) is 1.39. The first-order valence-electron chi connectivity index (χ1n) is 4.47. The number of hydrogen-bond donors (Lipinski definition) is 1. The van der Waals surface area contributed by atoms with Crippen LogP contribution in [0.25, 0.3) is 0 Å². The van der Waals surface area contributed by atoms with Crippen LogP contribution in [0.5, 0.6) is 5.75 Å². The van der Waals surface area contributed by atoms with Gasteiger partial charge in [0.2, 0.25) is 0 Å². The van der Waals surface area contributed by atoms with E-state index in [-0.39, 0.29) is 18.0 Å². The molecule has 0 aliphatic heterocycles. The second-order valence-corrected chi connectivity index (χ2v) is 3.84. The quantitative estimate of drug-likeness (QED) is 0.512. The zero-order valence-electron chi connectivity index (χ0n) is 8.50. The molecule has 0 aliphatic carbocycles. The lowest BCUT2D eigenvalue weighted by Gasteiger charge is -2.04. The summed E-state index contributed by atoms with van der Waals surface area (Å²) in [5.74, 6) is -1.01. The Morgan fingerprint density at radius 2 is 2.29 bits per heavy atom. The summed E-state index contributed by atoms with van der Waals surface area (Å²) in [5, 5.41) is 19.0. The number of carboxylic acid groups (broad SMARTS) is 1. The van der Waals surface area contributed by atoms with Gasteiger partial charge < -0.3 is 9.84 Å². The van der Waals surface area contributed by atoms with Crippen LogP contribution in [0, 0.1) is 10.1 Å². The Labute approximate surface area is 105 Å². The number of benzene rings is 1. The molecule has 1 aromatic rings. The van der Waals surface area contributed by atoms with Gasteiger partial charge in [0.1, 0.15) is 6.61 Å². The van der Waals surface area contributed by atoms with Crippen LogP contribution in [-0.2, 0) is 4.79 Å². The first-order valence-corrected chi connectivity index (χ1v) is 5.26. The molecule has 1 aromatic carbocycles. The summed E-state index contributed by atoms with van der Waals surface area (Å²) in [7, 11) is 0. The lowest BCUT2D eigenvalue weighted by molar-refractivity contribution is -0.385. The van der Waals surface area contributed by atoms with E-state index in [4.69, 9.17) is 9.84 Å². The van der Waals surface area contributed by atoms with Gasteiger partial charge in [0.25, 0.3) is 0 Å². The van der Waals surface area contributed by atoms with Crippen LogP contribution in [0.3, 0.4) is 0 Å². The molecule has 0 bridgehead atoms. The standard InChI is InChI=1S/C10H8BrNO5/c11-7-3-4-9(8(6-7)12(15)16)17-5-1-2-10(13)14/h1-4,6H,5H2,(H,13,14). The second-order valence-electron chi connectivity index (χ2n) is 2.92. The summed E-state index contributed by atoms with van der Waals surface area (Å²) in [6.07, 6.45) is 2.17. The van der Waals surface area contributed by atoms with Gasteiger partial charge in [0.15, 0.2) is 5.75 Å². The predicted molar refractivity (Wildman–Crippen MR) is 63.1 cm³/mol. The molecule has 0 atom stereocenters. The molecule has 0 fully saturated rings. The minimum atomic E-state index is -1.10. The van der Waals surface area contributed by atoms with Crippen molar-refractivity contribution in [1.29, 1.82) is 0 Å². The highest BCUT2D eigenvalue weighted by Gasteiger charge is 2.14. The summed E-state index contributed by atoms with van der Waals surface area (Å²) < 4.78 is 5.66. The molecule has 0 amide bonds. The van der Waals surface area contributed by atoms with Gasteiger partial charge in [-0.25, -0.2) is 4.79 Å². The number of aliphatic carboxylic acids is 1. The Morgan fingerprint density at radius 1 is 1.59 bits per heavy atom. The van der Waals surface area contributed by atoms with E-state index in [1.807, 2.05) is 0 Å². The summed E-state index contributed by atoms with van der Waals surface area (Å²) in [5.41, 5.74) is -0.178. The van der Waals surface area contributed by atoms with Crippen LogP contribution in [-0.4, -0.2) is 22.6 Å². The third-order valence-corrected chi connectivity index (χ3v) is 2.21. The van der Waals surface area contributed by atoms with Crippen molar-refractivity contribution < 1.29 is 19.6 Å². The van der Waals surface area contributed by atoms with Gasteiger partial charge >= 0.3 is 11.7 Å². The topological polar surface area (TPSA) is 89.7 Å². The maximum Gasteiger partial charge on any atom is 0.328 e. The Kier molecular flexibility index (Phi) is 4.65. The Morgan fingerprint density at radius 3 is 2.88 bits per heavy atom. The number of nitro groups is 1. The zero-order chi connectivity index (χ0) is 12.8. The average molecular weight is 302 g/mol. The monoisotopic (exact) mass is 301 g/mol. The Bertz CT molecular complexity index is 472. The van der Waals surface area contributed by atoms with Crippen molar-refractivity contribution >= 4 is 27.6 Å². The van der Waals surface area contributed by atoms with Crippen LogP contribution >= 0.6 is 15.9 Å². The molecule has 7 heteroatoms. The maximum atomic E-state index is 10.7. The van der Waals surface area contributed by atoms with E-state index in [9.17, 15) is 14.9 Å². The van der Waals surface area contributed by atoms with E-state index in [2.05, 4.69) is 15.9 Å². The maximum absolute atomic E-state index is 10.7. The number of carboxylic acids is 1. The zero-order valence-corrected chi connectivity index (χ0v) is 10.1. The largest absolute Gasteiger partial charge is 0.483 e. The van der Waals surface area contributed by atoms with E-state index >= 15 is 0 Å². The highest BCUT2D eigenvalue weighted by atomic mass is 79.9. The van der Waals surface area contributed by atoms with Gasteiger partial charge in [-0.3, -0.25) is 10.1 Å². The Hall–Kier alpha value is -1.89. The van der Waals surface area contributed by atoms with Crippen molar-refractivity contribution in [2.75, 3.05) is 6.61 Å². The molecule has 0 saturated carbocycles. The Balaban J connectivity index is 2.77. The molecule has 90 valence electrons. The van der Waals surface area contributed by atoms with Gasteiger partial charge in [0.05, 0.1) is 4.92 Å². The number of ether oxygens (including phenoxy) is 1. The minimum Gasteiger partial charge on any atom is -0.483 e. The number of halogens is 1. The molecule has 0 spiro atoms. The van der Waals surface area contributed by atoms with Crippen LogP contribution in [0.1, 0.15) is 0 Å². The van der Waals surface area contributed by atoms with Crippen molar-refractivity contribution in [2.45, 2.75) is 0 Å². The van der Waals surface area contributed by atoms with Gasteiger partial charge in [-0.15, -0.1) is 0 Å². The van der Waals surface area contributed by atoms with Crippen LogP contribution in [0.2, 0.25) is 0 Å². The predicted octanol–water partition coefficient (Wildman–Crippen LogP) is 2.38. The number of nitrogens with zero attached hydrogens (tertiary/aromatic N) is 1. The van der Waals surface area contributed by atoms with E-state index in [1.165, 1.54) is 18.2 Å². The first-order chi connectivity index (χ1) is 8.00. The van der Waals surface area contributed by atoms with Crippen molar-refractivity contribution in [3.05, 3.63) is 44.9 Å². The normalized spacial score (nSPS) is 10.4. The molecule has 17 heavy (non-hydrogen) atoms. The van der Waals surface area contributed by atoms with E-state index in [1.54, 1.807) is 6.07 Å². The second kappa shape index (κ2) is 6.00. The van der Waals surface area contributed by atoms with Crippen LogP contribution in [0.4, 0.5) is 5.69 Å². The van der Waals surface area contributed by atoms with Gasteiger partial charge in [-0.2, -0.15) is 0 Å². The van der Waals surface area contributed by atoms with E-state index < -0.39 is 10.9 Å². The lowest BCUT2D eigenvalue weighted by atomic mass is 10.3. The third kappa shape index (κ3) is 4.23. The molecule has 1 N–H and O–H groups in total. The average Bonchev–Trinajstić information content (AvgIpc) is 2.25. The summed E-state index contributed by atoms with van der Waals surface area (Å²) in [6, 6.07) is 4.36. The highest BCUT2D eigenvalue weighted by molar-refractivity contribution is 9.10. The molecule has 0 heterocycles. The van der Waals surface area contributed by atoms with Crippen LogP contribution in [0.15, 0.2) is 34.8 Å². The molecule has 0 saturated heterocycles. The fraction of sp³-hybridized carbons (Fsp3) is 0.100. The molecule has 6 nitrogen and oxygen atoms in total. The van der Waals surface area contributed by atoms with Crippen molar-refractivity contribution in [3.63, 3.8) is 0 Å². The smallest absolute Gasteiger partial charge is 0.328 e. The van der Waals surface area contributed by atoms with Crippen molar-refractivity contribution in [3.8, 4) is 5.75 Å². The van der Waals surface area contributed by atoms with Gasteiger partial charge in [-0.1, -0.05) is 15.9 Å². The summed E-state index contributed by atoms with van der Waals surface area (Å²) in [4.78, 5) is 20.3. The molecule has 0 aliphatic rings. The summed E-state index contributed by atoms with van der Waals surface area (Å²) in [6.45, 7) is -0.0469. The minimum absolute atomic E-state index is 0.0469. The first kappa shape index (κ1) is 13.2. The van der Waals surface area contributed by atoms with Crippen LogP contribution < -0.4 is 4.74 Å². The number of nitro benzene ring substituents is 1. The van der Waals surface area contributed by atoms with Gasteiger partial charge in [0, 0.05) is 16.6 Å². The molecule has 0 radical (unpaired) electrons. The molecule has 1 rings (SSSR count). The SMILES string of the molecule is O=C(O)C=CCOc1ccc(Br)cc1[N+](=O)[O-]. The molecular weight excluding hydrogens is 294 g/mol. The van der Waals surface area contributed by atoms with E-state index in [0.717, 1.165) is 6.08 Å². The molecular formula is C10H8BrNO5. The van der Waals surface area contributed by atoms with Crippen molar-refractivity contribution in [2.24, 2.45) is 0 Å². The van der Waals surface area contributed by atoms with Gasteiger partial charge in [-0.05, 0) is 18.2 Å². The van der Waals surface area contributed by atoms with Crippen molar-refractivity contribution in [1.82, 2.24) is 0 Å². The molecule has 0 aromatic heterocycles.